The fourth-order valence-corrected chi connectivity index (χ4v) is 5.68. The van der Waals surface area contributed by atoms with Gasteiger partial charge in [-0.05, 0) is 43.2 Å². The third-order valence-corrected chi connectivity index (χ3v) is 7.00. The number of halogens is 3. The van der Waals surface area contributed by atoms with Crippen LogP contribution in [0.15, 0.2) is 36.4 Å². The molecule has 0 aromatic heterocycles. The first-order chi connectivity index (χ1) is 13.7. The van der Waals surface area contributed by atoms with E-state index in [9.17, 15) is 17.6 Å². The lowest BCUT2D eigenvalue weighted by atomic mass is 10.1. The van der Waals surface area contributed by atoms with E-state index in [2.05, 4.69) is 0 Å². The molecule has 0 N–H and O–H groups in total. The number of amides is 1. The van der Waals surface area contributed by atoms with Crippen molar-refractivity contribution < 1.29 is 22.3 Å². The van der Waals surface area contributed by atoms with E-state index >= 15 is 0 Å². The minimum absolute atomic E-state index is 0.00931. The van der Waals surface area contributed by atoms with Crippen molar-refractivity contribution in [2.24, 2.45) is 0 Å². The van der Waals surface area contributed by atoms with E-state index in [1.807, 2.05) is 0 Å². The molecule has 5 nitrogen and oxygen atoms in total. The minimum atomic E-state index is -3.23. The van der Waals surface area contributed by atoms with Crippen LogP contribution in [0.3, 0.4) is 0 Å². The zero-order chi connectivity index (χ0) is 21.2. The normalized spacial score (nSPS) is 17.9. The molecule has 1 atom stereocenters. The second-order valence-corrected chi connectivity index (χ2v) is 9.86. The molecule has 0 spiro atoms. The van der Waals surface area contributed by atoms with Gasteiger partial charge >= 0.3 is 0 Å². The molecule has 156 valence electrons. The Bertz CT molecular complexity index is 1010. The Balaban J connectivity index is 1.96. The molecule has 2 aromatic carbocycles. The molecule has 1 saturated heterocycles. The number of rotatable bonds is 6. The van der Waals surface area contributed by atoms with Gasteiger partial charge < -0.3 is 9.64 Å². The Morgan fingerprint density at radius 1 is 1.24 bits per heavy atom. The predicted octanol–water partition coefficient (Wildman–Crippen LogP) is 4.36. The minimum Gasteiger partial charge on any atom is -0.491 e. The van der Waals surface area contributed by atoms with Gasteiger partial charge in [0.15, 0.2) is 15.6 Å². The summed E-state index contributed by atoms with van der Waals surface area (Å²) in [6.07, 6.45) is 0.321. The van der Waals surface area contributed by atoms with Crippen LogP contribution < -0.4 is 4.74 Å². The quantitative estimate of drug-likeness (QED) is 0.643. The van der Waals surface area contributed by atoms with E-state index in [1.54, 1.807) is 19.1 Å². The summed E-state index contributed by atoms with van der Waals surface area (Å²) in [6.45, 7) is 2.21. The SMILES string of the molecule is CCOc1c(Cl)cc(C(=O)N(Cc2cccc(F)c2)[C@H]2CCS(=O)(=O)C2)cc1Cl. The Labute approximate surface area is 179 Å². The molecular weight excluding hydrogens is 440 g/mol. The summed E-state index contributed by atoms with van der Waals surface area (Å²) >= 11 is 12.4. The zero-order valence-electron chi connectivity index (χ0n) is 15.7. The molecule has 1 amide bonds. The van der Waals surface area contributed by atoms with Gasteiger partial charge in [-0.25, -0.2) is 12.8 Å². The molecule has 0 saturated carbocycles. The Morgan fingerprint density at radius 3 is 2.48 bits per heavy atom. The van der Waals surface area contributed by atoms with E-state index < -0.39 is 27.6 Å². The van der Waals surface area contributed by atoms with Gasteiger partial charge in [0.1, 0.15) is 5.82 Å². The summed E-state index contributed by atoms with van der Waals surface area (Å²) in [5.41, 5.74) is 0.773. The number of carbonyl (C=O) groups excluding carboxylic acids is 1. The highest BCUT2D eigenvalue weighted by molar-refractivity contribution is 7.91. The second-order valence-electron chi connectivity index (χ2n) is 6.82. The number of hydrogen-bond donors (Lipinski definition) is 0. The molecule has 0 radical (unpaired) electrons. The summed E-state index contributed by atoms with van der Waals surface area (Å²) in [7, 11) is -3.23. The van der Waals surface area contributed by atoms with Gasteiger partial charge in [0, 0.05) is 18.2 Å². The highest BCUT2D eigenvalue weighted by Crippen LogP contribution is 2.35. The van der Waals surface area contributed by atoms with Crippen LogP contribution >= 0.6 is 23.2 Å². The van der Waals surface area contributed by atoms with Crippen LogP contribution in [0.5, 0.6) is 5.75 Å². The smallest absolute Gasteiger partial charge is 0.254 e. The van der Waals surface area contributed by atoms with Crippen molar-refractivity contribution in [3.63, 3.8) is 0 Å². The Kier molecular flexibility index (Phi) is 6.71. The van der Waals surface area contributed by atoms with Gasteiger partial charge in [0.25, 0.3) is 5.91 Å². The Hall–Kier alpha value is -1.83. The first kappa shape index (κ1) is 21.9. The lowest BCUT2D eigenvalue weighted by molar-refractivity contribution is 0.0680. The lowest BCUT2D eigenvalue weighted by Crippen LogP contribution is -2.40. The van der Waals surface area contributed by atoms with E-state index in [4.69, 9.17) is 27.9 Å². The van der Waals surface area contributed by atoms with Crippen molar-refractivity contribution in [3.05, 3.63) is 63.4 Å². The lowest BCUT2D eigenvalue weighted by Gasteiger charge is -2.29. The van der Waals surface area contributed by atoms with E-state index in [-0.39, 0.29) is 39.4 Å². The van der Waals surface area contributed by atoms with Gasteiger partial charge in [0.2, 0.25) is 0 Å². The summed E-state index contributed by atoms with van der Waals surface area (Å²) in [6, 6.07) is 8.24. The molecule has 0 aliphatic carbocycles. The van der Waals surface area contributed by atoms with Gasteiger partial charge in [-0.3, -0.25) is 4.79 Å². The van der Waals surface area contributed by atoms with Crippen molar-refractivity contribution in [1.29, 1.82) is 0 Å². The van der Waals surface area contributed by atoms with Crippen LogP contribution in [0.25, 0.3) is 0 Å². The topological polar surface area (TPSA) is 63.7 Å². The number of nitrogens with zero attached hydrogens (tertiary/aromatic N) is 1. The molecule has 1 fully saturated rings. The first-order valence-electron chi connectivity index (χ1n) is 9.08. The second kappa shape index (κ2) is 8.90. The summed E-state index contributed by atoms with van der Waals surface area (Å²) in [5, 5.41) is 0.375. The third-order valence-electron chi connectivity index (χ3n) is 4.69. The van der Waals surface area contributed by atoms with Crippen molar-refractivity contribution >= 4 is 38.9 Å². The number of benzene rings is 2. The van der Waals surface area contributed by atoms with Crippen LogP contribution in [-0.2, 0) is 16.4 Å². The maximum atomic E-state index is 13.6. The van der Waals surface area contributed by atoms with Crippen molar-refractivity contribution in [2.75, 3.05) is 18.1 Å². The van der Waals surface area contributed by atoms with Crippen LogP contribution in [0.1, 0.15) is 29.3 Å². The van der Waals surface area contributed by atoms with Crippen molar-refractivity contribution in [3.8, 4) is 5.75 Å². The summed E-state index contributed by atoms with van der Waals surface area (Å²) in [5.74, 6) is -0.695. The van der Waals surface area contributed by atoms with Crippen molar-refractivity contribution in [1.82, 2.24) is 4.90 Å². The predicted molar refractivity (Wildman–Crippen MR) is 111 cm³/mol. The third kappa shape index (κ3) is 5.21. The number of hydrogen-bond acceptors (Lipinski definition) is 4. The fraction of sp³-hybridized carbons (Fsp3) is 0.350. The summed E-state index contributed by atoms with van der Waals surface area (Å²) in [4.78, 5) is 14.7. The maximum Gasteiger partial charge on any atom is 0.254 e. The molecule has 3 rings (SSSR count). The van der Waals surface area contributed by atoms with E-state index in [0.717, 1.165) is 0 Å². The highest BCUT2D eigenvalue weighted by atomic mass is 35.5. The van der Waals surface area contributed by atoms with E-state index in [1.165, 1.54) is 29.2 Å². The molecular formula is C20H20Cl2FNO4S. The van der Waals surface area contributed by atoms with Gasteiger partial charge in [-0.15, -0.1) is 0 Å². The van der Waals surface area contributed by atoms with Gasteiger partial charge in [-0.2, -0.15) is 0 Å². The molecule has 1 aliphatic heterocycles. The fourth-order valence-electron chi connectivity index (χ4n) is 3.35. The molecule has 1 aliphatic rings. The van der Waals surface area contributed by atoms with Gasteiger partial charge in [-0.1, -0.05) is 35.3 Å². The maximum absolute atomic E-state index is 13.6. The largest absolute Gasteiger partial charge is 0.491 e. The first-order valence-corrected chi connectivity index (χ1v) is 11.7. The summed E-state index contributed by atoms with van der Waals surface area (Å²) < 4.78 is 43.0. The van der Waals surface area contributed by atoms with Crippen LogP contribution in [0, 0.1) is 5.82 Å². The van der Waals surface area contributed by atoms with Crippen molar-refractivity contribution in [2.45, 2.75) is 25.9 Å². The molecule has 0 bridgehead atoms. The van der Waals surface area contributed by atoms with Gasteiger partial charge in [0.05, 0.1) is 28.2 Å². The molecule has 9 heteroatoms. The molecule has 2 aromatic rings. The zero-order valence-corrected chi connectivity index (χ0v) is 18.0. The molecule has 0 unspecified atom stereocenters. The average Bonchev–Trinajstić information content (AvgIpc) is 3.01. The number of sulfone groups is 1. The molecule has 29 heavy (non-hydrogen) atoms. The number of ether oxygens (including phenoxy) is 1. The molecule has 1 heterocycles. The monoisotopic (exact) mass is 459 g/mol. The van der Waals surface area contributed by atoms with E-state index in [0.29, 0.717) is 18.6 Å². The standard InChI is InChI=1S/C20H20Cl2FNO4S/c1-2-28-19-17(21)9-14(10-18(19)22)20(25)24(16-6-7-29(26,27)12-16)11-13-4-3-5-15(23)8-13/h3-5,8-10,16H,2,6-7,11-12H2,1H3/t16-/m0/s1. The Morgan fingerprint density at radius 2 is 1.93 bits per heavy atom. The van der Waals surface area contributed by atoms with Crippen LogP contribution in [0.2, 0.25) is 10.0 Å². The number of carbonyl (C=O) groups is 1. The van der Waals surface area contributed by atoms with Crippen LogP contribution in [0.4, 0.5) is 4.39 Å². The average molecular weight is 460 g/mol. The highest BCUT2D eigenvalue weighted by Gasteiger charge is 2.35. The van der Waals surface area contributed by atoms with Crippen LogP contribution in [-0.4, -0.2) is 43.4 Å².